The first-order valence-electron chi connectivity index (χ1n) is 11.9. The van der Waals surface area contributed by atoms with Crippen LogP contribution >= 0.6 is 11.6 Å². The van der Waals surface area contributed by atoms with E-state index in [4.69, 9.17) is 16.3 Å². The minimum absolute atomic E-state index is 0.0339. The number of ether oxygens (including phenoxy) is 1. The number of rotatable bonds is 8. The molecule has 1 unspecified atom stereocenters. The van der Waals surface area contributed by atoms with E-state index < -0.39 is 23.7 Å². The molecule has 196 valence electrons. The molecule has 2 N–H and O–H groups in total. The Balaban J connectivity index is 1.83. The van der Waals surface area contributed by atoms with E-state index in [1.54, 1.807) is 31.2 Å². The van der Waals surface area contributed by atoms with Crippen LogP contribution in [0.4, 0.5) is 5.69 Å². The molecule has 0 saturated carbocycles. The van der Waals surface area contributed by atoms with Crippen molar-refractivity contribution >= 4 is 40.7 Å². The van der Waals surface area contributed by atoms with Crippen molar-refractivity contribution in [3.63, 3.8) is 0 Å². The van der Waals surface area contributed by atoms with E-state index in [2.05, 4.69) is 0 Å². The number of hydrogen-bond donors (Lipinski definition) is 2. The number of carbonyl (C=O) groups is 3. The van der Waals surface area contributed by atoms with Gasteiger partial charge in [0, 0.05) is 31.9 Å². The number of benzene rings is 3. The number of ketones is 1. The van der Waals surface area contributed by atoms with Crippen LogP contribution in [0.15, 0.2) is 72.3 Å². The molecule has 0 aliphatic carbocycles. The zero-order valence-corrected chi connectivity index (χ0v) is 21.9. The SMILES string of the molecule is CCOc1cc(/C(O)=C2/C(=O)C(=O)N(Cc3ccc(C(=O)O)cc3)C2c2ccc(N(C)C)cc2)ccc1Cl. The maximum Gasteiger partial charge on any atom is 0.335 e. The molecule has 3 aromatic carbocycles. The van der Waals surface area contributed by atoms with Gasteiger partial charge in [-0.1, -0.05) is 35.9 Å². The summed E-state index contributed by atoms with van der Waals surface area (Å²) in [6.45, 7) is 2.19. The fourth-order valence-corrected chi connectivity index (χ4v) is 4.54. The number of carboxylic acid groups (broad SMARTS) is 1. The van der Waals surface area contributed by atoms with Crippen LogP contribution in [-0.4, -0.2) is 53.5 Å². The summed E-state index contributed by atoms with van der Waals surface area (Å²) >= 11 is 6.21. The van der Waals surface area contributed by atoms with Gasteiger partial charge in [-0.2, -0.15) is 0 Å². The molecule has 9 heteroatoms. The summed E-state index contributed by atoms with van der Waals surface area (Å²) < 4.78 is 5.54. The van der Waals surface area contributed by atoms with Gasteiger partial charge in [0.2, 0.25) is 0 Å². The molecule has 1 saturated heterocycles. The quantitative estimate of drug-likeness (QED) is 0.234. The van der Waals surface area contributed by atoms with E-state index in [1.165, 1.54) is 23.1 Å². The fourth-order valence-electron chi connectivity index (χ4n) is 4.37. The van der Waals surface area contributed by atoms with Crippen LogP contribution in [0, 0.1) is 0 Å². The fraction of sp³-hybridized carbons (Fsp3) is 0.207. The summed E-state index contributed by atoms with van der Waals surface area (Å²) in [7, 11) is 3.80. The van der Waals surface area contributed by atoms with Crippen molar-refractivity contribution in [1.29, 1.82) is 0 Å². The minimum Gasteiger partial charge on any atom is -0.507 e. The lowest BCUT2D eigenvalue weighted by Gasteiger charge is -2.26. The number of anilines is 1. The molecule has 0 spiro atoms. The summed E-state index contributed by atoms with van der Waals surface area (Å²) in [5.41, 5.74) is 2.54. The van der Waals surface area contributed by atoms with Crippen LogP contribution in [0.2, 0.25) is 5.02 Å². The smallest absolute Gasteiger partial charge is 0.335 e. The summed E-state index contributed by atoms with van der Waals surface area (Å²) in [4.78, 5) is 41.2. The highest BCUT2D eigenvalue weighted by molar-refractivity contribution is 6.46. The topological polar surface area (TPSA) is 107 Å². The molecule has 1 heterocycles. The first kappa shape index (κ1) is 26.8. The number of aromatic carboxylic acids is 1. The van der Waals surface area contributed by atoms with E-state index in [0.29, 0.717) is 28.5 Å². The second-order valence-electron chi connectivity index (χ2n) is 8.99. The average Bonchev–Trinajstić information content (AvgIpc) is 3.15. The predicted molar refractivity (Wildman–Crippen MR) is 145 cm³/mol. The summed E-state index contributed by atoms with van der Waals surface area (Å²) in [6, 6.07) is 17.2. The van der Waals surface area contributed by atoms with Gasteiger partial charge in [-0.3, -0.25) is 9.59 Å². The number of halogens is 1. The Morgan fingerprint density at radius 3 is 2.18 bits per heavy atom. The Hall–Kier alpha value is -4.30. The number of amides is 1. The molecule has 1 atom stereocenters. The van der Waals surface area contributed by atoms with E-state index in [0.717, 1.165) is 5.69 Å². The molecule has 8 nitrogen and oxygen atoms in total. The highest BCUT2D eigenvalue weighted by Gasteiger charge is 2.46. The van der Waals surface area contributed by atoms with Crippen molar-refractivity contribution in [3.05, 3.63) is 99.6 Å². The summed E-state index contributed by atoms with van der Waals surface area (Å²) in [6.07, 6.45) is 0. The van der Waals surface area contributed by atoms with E-state index in [1.807, 2.05) is 43.3 Å². The minimum atomic E-state index is -1.06. The largest absolute Gasteiger partial charge is 0.507 e. The number of carboxylic acids is 1. The molecule has 1 aliphatic rings. The second-order valence-corrected chi connectivity index (χ2v) is 9.40. The van der Waals surface area contributed by atoms with Gasteiger partial charge in [0.15, 0.2) is 0 Å². The molecule has 1 fully saturated rings. The van der Waals surface area contributed by atoms with E-state index in [9.17, 15) is 24.6 Å². The van der Waals surface area contributed by atoms with Gasteiger partial charge in [-0.05, 0) is 60.5 Å². The Morgan fingerprint density at radius 2 is 1.61 bits per heavy atom. The van der Waals surface area contributed by atoms with Crippen LogP contribution in [0.1, 0.15) is 40.0 Å². The molecule has 1 aliphatic heterocycles. The Morgan fingerprint density at radius 1 is 0.974 bits per heavy atom. The second kappa shape index (κ2) is 11.0. The van der Waals surface area contributed by atoms with Gasteiger partial charge < -0.3 is 24.7 Å². The van der Waals surface area contributed by atoms with Crippen LogP contribution in [-0.2, 0) is 16.1 Å². The van der Waals surface area contributed by atoms with Crippen molar-refractivity contribution in [3.8, 4) is 5.75 Å². The number of likely N-dealkylation sites (tertiary alicyclic amines) is 1. The van der Waals surface area contributed by atoms with Gasteiger partial charge in [0.05, 0.1) is 28.8 Å². The number of Topliss-reactive ketones (excluding diaryl/α,β-unsaturated/α-hetero) is 1. The van der Waals surface area contributed by atoms with Crippen LogP contribution in [0.5, 0.6) is 5.75 Å². The van der Waals surface area contributed by atoms with Crippen molar-refractivity contribution in [2.24, 2.45) is 0 Å². The van der Waals surface area contributed by atoms with Gasteiger partial charge in [-0.25, -0.2) is 4.79 Å². The molecule has 4 rings (SSSR count). The molecular weight excluding hydrogens is 508 g/mol. The number of carbonyl (C=O) groups excluding carboxylic acids is 2. The van der Waals surface area contributed by atoms with Crippen molar-refractivity contribution < 1.29 is 29.3 Å². The number of aliphatic hydroxyl groups is 1. The molecule has 0 aromatic heterocycles. The predicted octanol–water partition coefficient (Wildman–Crippen LogP) is 5.12. The maximum atomic E-state index is 13.3. The lowest BCUT2D eigenvalue weighted by Crippen LogP contribution is -2.29. The number of aliphatic hydroxyl groups excluding tert-OH is 1. The lowest BCUT2D eigenvalue weighted by molar-refractivity contribution is -0.140. The van der Waals surface area contributed by atoms with Crippen molar-refractivity contribution in [1.82, 2.24) is 4.90 Å². The lowest BCUT2D eigenvalue weighted by atomic mass is 9.94. The normalized spacial score (nSPS) is 16.5. The maximum absolute atomic E-state index is 13.3. The van der Waals surface area contributed by atoms with Crippen LogP contribution < -0.4 is 9.64 Å². The van der Waals surface area contributed by atoms with Crippen LogP contribution in [0.25, 0.3) is 5.76 Å². The average molecular weight is 535 g/mol. The Kier molecular flexibility index (Phi) is 7.73. The van der Waals surface area contributed by atoms with Crippen molar-refractivity contribution in [2.75, 3.05) is 25.6 Å². The molecule has 0 radical (unpaired) electrons. The summed E-state index contributed by atoms with van der Waals surface area (Å²) in [5, 5.41) is 20.9. The molecular formula is C29H27ClN2O6. The highest BCUT2D eigenvalue weighted by atomic mass is 35.5. The molecule has 1 amide bonds. The number of hydrogen-bond acceptors (Lipinski definition) is 6. The molecule has 0 bridgehead atoms. The van der Waals surface area contributed by atoms with E-state index >= 15 is 0 Å². The third-order valence-electron chi connectivity index (χ3n) is 6.32. The first-order chi connectivity index (χ1) is 18.1. The number of nitrogens with zero attached hydrogens (tertiary/aromatic N) is 2. The van der Waals surface area contributed by atoms with E-state index in [-0.39, 0.29) is 29.0 Å². The molecule has 3 aromatic rings. The van der Waals surface area contributed by atoms with Crippen molar-refractivity contribution in [2.45, 2.75) is 19.5 Å². The molecule has 38 heavy (non-hydrogen) atoms. The highest BCUT2D eigenvalue weighted by Crippen LogP contribution is 2.41. The Labute approximate surface area is 225 Å². The van der Waals surface area contributed by atoms with Gasteiger partial charge in [0.25, 0.3) is 11.7 Å². The summed E-state index contributed by atoms with van der Waals surface area (Å²) in [5.74, 6) is -2.65. The van der Waals surface area contributed by atoms with Gasteiger partial charge in [0.1, 0.15) is 11.5 Å². The standard InChI is InChI=1S/C29H27ClN2O6/c1-4-38-23-15-20(11-14-22(23)30)26(33)24-25(18-9-12-21(13-10-18)31(2)3)32(28(35)27(24)34)16-17-5-7-19(8-6-17)29(36)37/h5-15,25,33H,4,16H2,1-3H3,(H,36,37)/b26-24-. The zero-order chi connectivity index (χ0) is 27.6. The third kappa shape index (κ3) is 5.21. The zero-order valence-electron chi connectivity index (χ0n) is 21.1. The third-order valence-corrected chi connectivity index (χ3v) is 6.64. The monoisotopic (exact) mass is 534 g/mol. The van der Waals surface area contributed by atoms with Gasteiger partial charge >= 0.3 is 5.97 Å². The Bertz CT molecular complexity index is 1410. The van der Waals surface area contributed by atoms with Gasteiger partial charge in [-0.15, -0.1) is 0 Å². The first-order valence-corrected chi connectivity index (χ1v) is 12.3. The van der Waals surface area contributed by atoms with Crippen LogP contribution in [0.3, 0.4) is 0 Å².